The molecule has 2 N–H and O–H groups in total. The van der Waals surface area contributed by atoms with E-state index in [4.69, 9.17) is 0 Å². The molecule has 0 aromatic heterocycles. The van der Waals surface area contributed by atoms with Gasteiger partial charge in [-0.25, -0.2) is 0 Å². The maximum absolute atomic E-state index is 9.77. The SMILES string of the molecule is CC(CN1CCCCC1)N[C@H]1CCC[C@@H]1O. The molecule has 2 rings (SSSR count). The summed E-state index contributed by atoms with van der Waals surface area (Å²) in [6, 6.07) is 0.857. The minimum Gasteiger partial charge on any atom is -0.392 e. The van der Waals surface area contributed by atoms with E-state index in [9.17, 15) is 5.11 Å². The minimum absolute atomic E-state index is 0.108. The van der Waals surface area contributed by atoms with E-state index in [1.165, 1.54) is 38.8 Å². The van der Waals surface area contributed by atoms with Crippen LogP contribution in [-0.2, 0) is 0 Å². The van der Waals surface area contributed by atoms with Crippen LogP contribution in [0.15, 0.2) is 0 Å². The number of nitrogens with zero attached hydrogens (tertiary/aromatic N) is 1. The van der Waals surface area contributed by atoms with E-state index in [2.05, 4.69) is 17.1 Å². The van der Waals surface area contributed by atoms with Crippen LogP contribution in [0.25, 0.3) is 0 Å². The van der Waals surface area contributed by atoms with Crippen molar-refractivity contribution in [3.63, 3.8) is 0 Å². The summed E-state index contributed by atoms with van der Waals surface area (Å²) in [6.07, 6.45) is 7.32. The highest BCUT2D eigenvalue weighted by atomic mass is 16.3. The Hall–Kier alpha value is -0.120. The van der Waals surface area contributed by atoms with Gasteiger partial charge in [0.1, 0.15) is 0 Å². The normalized spacial score (nSPS) is 34.1. The van der Waals surface area contributed by atoms with E-state index in [0.29, 0.717) is 12.1 Å². The highest BCUT2D eigenvalue weighted by molar-refractivity contribution is 4.85. The molecule has 1 heterocycles. The number of aliphatic hydroxyl groups is 1. The quantitative estimate of drug-likeness (QED) is 0.760. The molecule has 94 valence electrons. The predicted octanol–water partition coefficient (Wildman–Crippen LogP) is 1.36. The first kappa shape index (κ1) is 12.3. The largest absolute Gasteiger partial charge is 0.392 e. The number of piperidine rings is 1. The smallest absolute Gasteiger partial charge is 0.0693 e. The third-order valence-electron chi connectivity index (χ3n) is 3.96. The Morgan fingerprint density at radius 1 is 1.19 bits per heavy atom. The molecule has 16 heavy (non-hydrogen) atoms. The molecule has 2 aliphatic rings. The van der Waals surface area contributed by atoms with Crippen molar-refractivity contribution in [2.45, 2.75) is 63.6 Å². The fraction of sp³-hybridized carbons (Fsp3) is 1.00. The van der Waals surface area contributed by atoms with Crippen molar-refractivity contribution in [3.8, 4) is 0 Å². The molecular formula is C13H26N2O. The average molecular weight is 226 g/mol. The molecule has 0 amide bonds. The van der Waals surface area contributed by atoms with Crippen LogP contribution in [0.4, 0.5) is 0 Å². The fourth-order valence-electron chi connectivity index (χ4n) is 3.08. The van der Waals surface area contributed by atoms with Crippen molar-refractivity contribution in [1.82, 2.24) is 10.2 Å². The Bertz CT molecular complexity index is 204. The third-order valence-corrected chi connectivity index (χ3v) is 3.96. The van der Waals surface area contributed by atoms with Gasteiger partial charge in [-0.2, -0.15) is 0 Å². The van der Waals surface area contributed by atoms with Crippen molar-refractivity contribution >= 4 is 0 Å². The highest BCUT2D eigenvalue weighted by Gasteiger charge is 2.26. The van der Waals surface area contributed by atoms with Crippen LogP contribution < -0.4 is 5.32 Å². The van der Waals surface area contributed by atoms with Crippen LogP contribution in [0.3, 0.4) is 0 Å². The Balaban J connectivity index is 1.68. The zero-order valence-corrected chi connectivity index (χ0v) is 10.5. The third kappa shape index (κ3) is 3.44. The lowest BCUT2D eigenvalue weighted by Crippen LogP contribution is -2.47. The van der Waals surface area contributed by atoms with Gasteiger partial charge in [-0.05, 0) is 52.1 Å². The molecule has 1 unspecified atom stereocenters. The Morgan fingerprint density at radius 2 is 1.94 bits per heavy atom. The lowest BCUT2D eigenvalue weighted by atomic mass is 10.1. The second-order valence-corrected chi connectivity index (χ2v) is 5.53. The summed E-state index contributed by atoms with van der Waals surface area (Å²) in [4.78, 5) is 2.56. The number of likely N-dealkylation sites (tertiary alicyclic amines) is 1. The van der Waals surface area contributed by atoms with Crippen LogP contribution in [0.1, 0.15) is 45.4 Å². The van der Waals surface area contributed by atoms with Gasteiger partial charge in [0, 0.05) is 18.6 Å². The summed E-state index contributed by atoms with van der Waals surface area (Å²) in [5.41, 5.74) is 0. The zero-order valence-electron chi connectivity index (χ0n) is 10.5. The van der Waals surface area contributed by atoms with Crippen LogP contribution in [-0.4, -0.2) is 47.8 Å². The Kier molecular flexibility index (Phi) is 4.62. The van der Waals surface area contributed by atoms with Gasteiger partial charge < -0.3 is 15.3 Å². The summed E-state index contributed by atoms with van der Waals surface area (Å²) in [6.45, 7) is 5.92. The molecular weight excluding hydrogens is 200 g/mol. The second kappa shape index (κ2) is 5.99. The van der Waals surface area contributed by atoms with Crippen LogP contribution in [0, 0.1) is 0 Å². The van der Waals surface area contributed by atoms with Gasteiger partial charge in [-0.15, -0.1) is 0 Å². The molecule has 0 bridgehead atoms. The topological polar surface area (TPSA) is 35.5 Å². The molecule has 2 fully saturated rings. The molecule has 0 radical (unpaired) electrons. The van der Waals surface area contributed by atoms with Crippen LogP contribution in [0.5, 0.6) is 0 Å². The first-order valence-corrected chi connectivity index (χ1v) is 6.92. The number of nitrogens with one attached hydrogen (secondary N) is 1. The van der Waals surface area contributed by atoms with Crippen molar-refractivity contribution in [2.24, 2.45) is 0 Å². The van der Waals surface area contributed by atoms with E-state index in [-0.39, 0.29) is 6.10 Å². The van der Waals surface area contributed by atoms with E-state index < -0.39 is 0 Å². The van der Waals surface area contributed by atoms with E-state index in [1.807, 2.05) is 0 Å². The second-order valence-electron chi connectivity index (χ2n) is 5.53. The standard InChI is InChI=1S/C13H26N2O/c1-11(10-15-8-3-2-4-9-15)14-12-6-5-7-13(12)16/h11-14,16H,2-10H2,1H3/t11?,12-,13-/m0/s1. The lowest BCUT2D eigenvalue weighted by molar-refractivity contribution is 0.134. The molecule has 1 saturated carbocycles. The highest BCUT2D eigenvalue weighted by Crippen LogP contribution is 2.19. The molecule has 1 saturated heterocycles. The van der Waals surface area contributed by atoms with Crippen molar-refractivity contribution in [2.75, 3.05) is 19.6 Å². The molecule has 1 aliphatic carbocycles. The van der Waals surface area contributed by atoms with Crippen LogP contribution >= 0.6 is 0 Å². The maximum Gasteiger partial charge on any atom is 0.0693 e. The fourth-order valence-corrected chi connectivity index (χ4v) is 3.08. The summed E-state index contributed by atoms with van der Waals surface area (Å²) >= 11 is 0. The summed E-state index contributed by atoms with van der Waals surface area (Å²) < 4.78 is 0. The average Bonchev–Trinajstić information content (AvgIpc) is 2.66. The number of hydrogen-bond donors (Lipinski definition) is 2. The molecule has 0 spiro atoms. The van der Waals surface area contributed by atoms with Crippen molar-refractivity contribution < 1.29 is 5.11 Å². The van der Waals surface area contributed by atoms with Gasteiger partial charge in [0.25, 0.3) is 0 Å². The Morgan fingerprint density at radius 3 is 2.56 bits per heavy atom. The first-order valence-electron chi connectivity index (χ1n) is 6.92. The van der Waals surface area contributed by atoms with Gasteiger partial charge in [-0.1, -0.05) is 6.42 Å². The van der Waals surface area contributed by atoms with E-state index >= 15 is 0 Å². The molecule has 0 aromatic carbocycles. The summed E-state index contributed by atoms with van der Waals surface area (Å²) in [5, 5.41) is 13.4. The maximum atomic E-state index is 9.77. The van der Waals surface area contributed by atoms with Gasteiger partial charge in [0.05, 0.1) is 6.10 Å². The summed E-state index contributed by atoms with van der Waals surface area (Å²) in [7, 11) is 0. The van der Waals surface area contributed by atoms with Gasteiger partial charge in [0.15, 0.2) is 0 Å². The van der Waals surface area contributed by atoms with Crippen molar-refractivity contribution in [3.05, 3.63) is 0 Å². The number of aliphatic hydroxyl groups excluding tert-OH is 1. The summed E-state index contributed by atoms with van der Waals surface area (Å²) in [5.74, 6) is 0. The lowest BCUT2D eigenvalue weighted by Gasteiger charge is -2.31. The van der Waals surface area contributed by atoms with Crippen molar-refractivity contribution in [1.29, 1.82) is 0 Å². The molecule has 0 aromatic rings. The monoisotopic (exact) mass is 226 g/mol. The van der Waals surface area contributed by atoms with Gasteiger partial charge in [0.2, 0.25) is 0 Å². The van der Waals surface area contributed by atoms with Crippen LogP contribution in [0.2, 0.25) is 0 Å². The van der Waals surface area contributed by atoms with Gasteiger partial charge >= 0.3 is 0 Å². The minimum atomic E-state index is -0.108. The Labute approximate surface area is 99.2 Å². The molecule has 1 aliphatic heterocycles. The number of hydrogen-bond acceptors (Lipinski definition) is 3. The molecule has 3 atom stereocenters. The van der Waals surface area contributed by atoms with E-state index in [1.54, 1.807) is 0 Å². The molecule has 3 nitrogen and oxygen atoms in total. The number of rotatable bonds is 4. The van der Waals surface area contributed by atoms with Gasteiger partial charge in [-0.3, -0.25) is 0 Å². The molecule has 3 heteroatoms. The first-order chi connectivity index (χ1) is 7.75. The zero-order chi connectivity index (χ0) is 11.4. The van der Waals surface area contributed by atoms with E-state index in [0.717, 1.165) is 19.4 Å². The predicted molar refractivity (Wildman–Crippen MR) is 66.5 cm³/mol.